The summed E-state index contributed by atoms with van der Waals surface area (Å²) >= 11 is 0. The van der Waals surface area contributed by atoms with Gasteiger partial charge in [-0.3, -0.25) is 9.36 Å². The summed E-state index contributed by atoms with van der Waals surface area (Å²) in [7, 11) is -0.415. The minimum absolute atomic E-state index is 0.133. The van der Waals surface area contributed by atoms with Gasteiger partial charge in [0.25, 0.3) is 0 Å². The molecule has 4 aromatic carbocycles. The molecule has 0 radical (unpaired) electrons. The van der Waals surface area contributed by atoms with Gasteiger partial charge in [0.05, 0.1) is 55.8 Å². The first-order chi connectivity index (χ1) is 27.3. The fraction of sp³-hybridized carbons (Fsp3) is 0.175. The Bertz CT molecular complexity index is 2420. The number of ether oxygens (including phenoxy) is 2. The molecule has 0 bridgehead atoms. The van der Waals surface area contributed by atoms with E-state index in [2.05, 4.69) is 29.4 Å². The van der Waals surface area contributed by atoms with Crippen molar-refractivity contribution in [2.24, 2.45) is 0 Å². The van der Waals surface area contributed by atoms with Crippen LogP contribution in [0.2, 0.25) is 0 Å². The molecule has 0 aliphatic rings. The van der Waals surface area contributed by atoms with E-state index >= 15 is 0 Å². The van der Waals surface area contributed by atoms with E-state index in [1.165, 1.54) is 14.2 Å². The molecule has 0 unspecified atom stereocenters. The third kappa shape index (κ3) is 12.1. The Labute approximate surface area is 328 Å². The monoisotopic (exact) mass is 794 g/mol. The van der Waals surface area contributed by atoms with Crippen LogP contribution >= 0.6 is 7.60 Å². The van der Waals surface area contributed by atoms with Crippen LogP contribution in [-0.2, 0) is 29.2 Å². The molecule has 0 saturated heterocycles. The summed E-state index contributed by atoms with van der Waals surface area (Å²) in [5.41, 5.74) is 28.1. The molecule has 8 N–H and O–H groups in total. The number of rotatable bonds is 11. The van der Waals surface area contributed by atoms with E-state index in [0.717, 1.165) is 28.4 Å². The maximum absolute atomic E-state index is 12.3. The second-order valence-electron chi connectivity index (χ2n) is 11.8. The molecule has 0 fully saturated rings. The molecule has 2 heterocycles. The Kier molecular flexibility index (Phi) is 15.3. The predicted molar refractivity (Wildman–Crippen MR) is 221 cm³/mol. The number of aromatic nitrogens is 4. The van der Waals surface area contributed by atoms with Crippen LogP contribution < -0.4 is 22.9 Å². The summed E-state index contributed by atoms with van der Waals surface area (Å²) in [6.45, 7) is 4.20. The number of aldehydes is 1. The highest BCUT2D eigenvalue weighted by atomic mass is 31.2. The first-order valence-corrected chi connectivity index (χ1v) is 19.1. The number of methoxy groups -OCH3 is 2. The Hall–Kier alpha value is -6.74. The van der Waals surface area contributed by atoms with Gasteiger partial charge in [-0.2, -0.15) is 9.97 Å². The van der Waals surface area contributed by atoms with Gasteiger partial charge in [0.1, 0.15) is 17.9 Å². The highest BCUT2D eigenvalue weighted by Crippen LogP contribution is 2.51. The lowest BCUT2D eigenvalue weighted by Crippen LogP contribution is -2.02. The zero-order valence-electron chi connectivity index (χ0n) is 31.7. The quantitative estimate of drug-likeness (QED) is 0.0466. The van der Waals surface area contributed by atoms with Gasteiger partial charge in [0, 0.05) is 16.3 Å². The highest BCUT2D eigenvalue weighted by Gasteiger charge is 2.24. The molecular weight excluding hydrogens is 751 g/mol. The van der Waals surface area contributed by atoms with E-state index in [4.69, 9.17) is 32.0 Å². The van der Waals surface area contributed by atoms with Crippen molar-refractivity contribution in [1.82, 2.24) is 19.9 Å². The number of nitrogens with two attached hydrogens (primary N) is 4. The van der Waals surface area contributed by atoms with Gasteiger partial charge in [-0.05, 0) is 85.1 Å². The summed E-state index contributed by atoms with van der Waals surface area (Å²) in [6, 6.07) is 24.5. The number of nitrogens with zero attached hydrogens (tertiary/aromatic N) is 4. The van der Waals surface area contributed by atoms with Gasteiger partial charge < -0.3 is 41.5 Å². The van der Waals surface area contributed by atoms with Crippen molar-refractivity contribution in [2.75, 3.05) is 50.4 Å². The van der Waals surface area contributed by atoms with Crippen LogP contribution in [0.15, 0.2) is 84.9 Å². The first kappa shape index (κ1) is 43.0. The number of hydrogen-bond donors (Lipinski definition) is 4. The molecule has 0 aliphatic heterocycles. The maximum Gasteiger partial charge on any atom is 0.337 e. The van der Waals surface area contributed by atoms with Crippen molar-refractivity contribution in [2.45, 2.75) is 20.0 Å². The SMILES string of the molecule is CCOP(=O)(Cc1ccc(C(=O)OC)cc1)OCC.COC(=O)c1ccc(/C=C/c2ccc3nc(N)nc(N)c3c2)cc1.Nc1nc(N)c2cc(C=O)ccc2n1. The normalized spacial score (nSPS) is 10.9. The lowest BCUT2D eigenvalue weighted by molar-refractivity contribution is 0.0592. The summed E-state index contributed by atoms with van der Waals surface area (Å²) in [6.07, 6.45) is 4.82. The van der Waals surface area contributed by atoms with Crippen LogP contribution in [-0.4, -0.2) is 65.6 Å². The van der Waals surface area contributed by atoms with E-state index in [9.17, 15) is 18.9 Å². The lowest BCUT2D eigenvalue weighted by atomic mass is 10.1. The summed E-state index contributed by atoms with van der Waals surface area (Å²) in [5, 5.41) is 1.40. The second-order valence-corrected chi connectivity index (χ2v) is 13.9. The van der Waals surface area contributed by atoms with Crippen LogP contribution in [0.4, 0.5) is 23.5 Å². The van der Waals surface area contributed by atoms with Gasteiger partial charge >= 0.3 is 19.5 Å². The van der Waals surface area contributed by atoms with Crippen LogP contribution in [0, 0.1) is 0 Å². The molecule has 17 heteroatoms. The maximum atomic E-state index is 12.3. The smallest absolute Gasteiger partial charge is 0.337 e. The van der Waals surface area contributed by atoms with E-state index in [1.54, 1.807) is 68.4 Å². The van der Waals surface area contributed by atoms with E-state index < -0.39 is 13.6 Å². The average Bonchev–Trinajstić information content (AvgIpc) is 3.20. The zero-order chi connectivity index (χ0) is 41.5. The van der Waals surface area contributed by atoms with Crippen LogP contribution in [0.25, 0.3) is 34.0 Å². The Morgan fingerprint density at radius 3 is 1.49 bits per heavy atom. The standard InChI is InChI=1S/C18H16N4O2.C13H19O5P.C9H8N4O/c1-24-17(23)13-7-4-11(5-8-13)2-3-12-6-9-15-14(10-12)16(19)22-18(20)21-15;1-4-17-19(15,18-5-2)10-11-6-8-12(9-7-11)13(14)16-3;10-8-6-3-5(4-14)1-2-7(6)12-9(11)13-8/h2-10H,1H3,(H4,19,20,21,22);6-9H,4-5,10H2,1-3H3;1-4H,(H4,10,11,12,13)/b3-2+;;. The number of anilines is 4. The summed E-state index contributed by atoms with van der Waals surface area (Å²) in [4.78, 5) is 49.1. The van der Waals surface area contributed by atoms with Crippen LogP contribution in [0.5, 0.6) is 0 Å². The van der Waals surface area contributed by atoms with Crippen LogP contribution in [0.3, 0.4) is 0 Å². The minimum atomic E-state index is -3.10. The van der Waals surface area contributed by atoms with Crippen molar-refractivity contribution >= 4 is 83.3 Å². The highest BCUT2D eigenvalue weighted by molar-refractivity contribution is 7.53. The molecule has 6 aromatic rings. The number of carbonyl (C=O) groups excluding carboxylic acids is 3. The van der Waals surface area contributed by atoms with Crippen molar-refractivity contribution in [3.8, 4) is 0 Å². The lowest BCUT2D eigenvalue weighted by Gasteiger charge is -2.16. The summed E-state index contributed by atoms with van der Waals surface area (Å²) in [5.74, 6) is 0.188. The number of fused-ring (bicyclic) bond motifs is 2. The van der Waals surface area contributed by atoms with Crippen molar-refractivity contribution in [3.63, 3.8) is 0 Å². The predicted octanol–water partition coefficient (Wildman–Crippen LogP) is 6.60. The Morgan fingerprint density at radius 1 is 0.614 bits per heavy atom. The van der Waals surface area contributed by atoms with Crippen LogP contribution in [0.1, 0.15) is 61.6 Å². The molecule has 6 rings (SSSR count). The number of benzene rings is 4. The summed E-state index contributed by atoms with van der Waals surface area (Å²) < 4.78 is 32.0. The number of hydrogen-bond acceptors (Lipinski definition) is 16. The van der Waals surface area contributed by atoms with Gasteiger partial charge in [-0.1, -0.05) is 42.5 Å². The molecule has 0 aliphatic carbocycles. The topological polar surface area (TPSA) is 261 Å². The van der Waals surface area contributed by atoms with Gasteiger partial charge in [0.15, 0.2) is 0 Å². The average molecular weight is 795 g/mol. The van der Waals surface area contributed by atoms with Crippen molar-refractivity contribution in [3.05, 3.63) is 118 Å². The number of carbonyl (C=O) groups is 3. The Balaban J connectivity index is 0.000000196. The van der Waals surface area contributed by atoms with E-state index in [1.807, 2.05) is 42.5 Å². The molecule has 296 valence electrons. The zero-order valence-corrected chi connectivity index (χ0v) is 32.6. The van der Waals surface area contributed by atoms with Crippen molar-refractivity contribution < 1.29 is 37.5 Å². The fourth-order valence-electron chi connectivity index (χ4n) is 5.20. The number of esters is 2. The Morgan fingerprint density at radius 2 is 1.04 bits per heavy atom. The van der Waals surface area contributed by atoms with Gasteiger partial charge in [-0.25, -0.2) is 19.6 Å². The van der Waals surface area contributed by atoms with E-state index in [0.29, 0.717) is 52.1 Å². The second kappa shape index (κ2) is 20.3. The largest absolute Gasteiger partial charge is 0.465 e. The third-order valence-electron chi connectivity index (χ3n) is 7.87. The first-order valence-electron chi connectivity index (χ1n) is 17.3. The van der Waals surface area contributed by atoms with Gasteiger partial charge in [-0.15, -0.1) is 0 Å². The van der Waals surface area contributed by atoms with Gasteiger partial charge in [0.2, 0.25) is 11.9 Å². The molecule has 0 amide bonds. The van der Waals surface area contributed by atoms with E-state index in [-0.39, 0.29) is 29.8 Å². The molecular formula is C40H43N8O8P. The minimum Gasteiger partial charge on any atom is -0.465 e. The third-order valence-corrected chi connectivity index (χ3v) is 9.93. The fourth-order valence-corrected chi connectivity index (χ4v) is 6.91. The molecule has 0 spiro atoms. The number of nitrogen functional groups attached to an aromatic ring is 4. The molecule has 0 saturated carbocycles. The van der Waals surface area contributed by atoms with Crippen molar-refractivity contribution in [1.29, 1.82) is 0 Å². The molecule has 0 atom stereocenters. The molecule has 16 nitrogen and oxygen atoms in total. The molecule has 57 heavy (non-hydrogen) atoms. The molecule has 2 aromatic heterocycles.